The Kier molecular flexibility index (Phi) is 2.83. The van der Waals surface area contributed by atoms with Crippen LogP contribution < -0.4 is 0 Å². The lowest BCUT2D eigenvalue weighted by molar-refractivity contribution is 0.143. The summed E-state index contributed by atoms with van der Waals surface area (Å²) in [6.45, 7) is 11.9. The van der Waals surface area contributed by atoms with Crippen LogP contribution in [0, 0.1) is 28.6 Å². The maximum atomic E-state index is 6.09. The zero-order valence-corrected chi connectivity index (χ0v) is 14.5. The van der Waals surface area contributed by atoms with Crippen LogP contribution in [0.2, 0.25) is 0 Å². The molecule has 1 heteroatoms. The van der Waals surface area contributed by atoms with Crippen LogP contribution in [-0.2, 0) is 4.74 Å². The minimum absolute atomic E-state index is 0.188. The van der Waals surface area contributed by atoms with Crippen molar-refractivity contribution in [2.75, 3.05) is 0 Å². The highest BCUT2D eigenvalue weighted by atomic mass is 16.6. The molecule has 0 radical (unpaired) electrons. The molecule has 5 unspecified atom stereocenters. The molecule has 118 valence electrons. The highest BCUT2D eigenvalue weighted by Crippen LogP contribution is 2.87. The first-order valence-corrected chi connectivity index (χ1v) is 9.12. The van der Waals surface area contributed by atoms with Crippen LogP contribution in [0.25, 0.3) is 0 Å². The number of allylic oxidation sites excluding steroid dienone is 2. The lowest BCUT2D eigenvalue weighted by atomic mass is 9.70. The van der Waals surface area contributed by atoms with Gasteiger partial charge in [-0.25, -0.2) is 0 Å². The molecule has 1 aliphatic heterocycles. The summed E-state index contributed by atoms with van der Waals surface area (Å²) in [7, 11) is 0. The average Bonchev–Trinajstić information content (AvgIpc) is 3.02. The summed E-state index contributed by atoms with van der Waals surface area (Å²) in [5.74, 6) is 3.22. The molecule has 0 N–H and O–H groups in total. The molecule has 0 aromatic heterocycles. The summed E-state index contributed by atoms with van der Waals surface area (Å²) in [5.41, 5.74) is 2.97. The molecule has 0 aromatic rings. The maximum absolute atomic E-state index is 6.09. The molecule has 5 atom stereocenters. The van der Waals surface area contributed by atoms with Gasteiger partial charge in [0.05, 0.1) is 11.7 Å². The summed E-state index contributed by atoms with van der Waals surface area (Å²) in [4.78, 5) is 0. The van der Waals surface area contributed by atoms with E-state index in [2.05, 4.69) is 40.7 Å². The van der Waals surface area contributed by atoms with Crippen molar-refractivity contribution in [2.24, 2.45) is 28.6 Å². The standard InChI is InChI=1S/C20H32O/c1-13(2)7-6-9-19(4)17(21-19)8-10-18(3)14-11-15-16(12-14)20(15,18)5/h7,14-17H,6,8-12H2,1-5H3. The van der Waals surface area contributed by atoms with Crippen LogP contribution >= 0.6 is 0 Å². The highest BCUT2D eigenvalue weighted by Gasteiger charge is 2.81. The second-order valence-electron chi connectivity index (χ2n) is 9.36. The lowest BCUT2D eigenvalue weighted by Gasteiger charge is -2.34. The molecule has 21 heavy (non-hydrogen) atoms. The van der Waals surface area contributed by atoms with E-state index in [0.29, 0.717) is 16.9 Å². The predicted octanol–water partition coefficient (Wildman–Crippen LogP) is 5.35. The summed E-state index contributed by atoms with van der Waals surface area (Å²) in [6, 6.07) is 0. The number of hydrogen-bond acceptors (Lipinski definition) is 1. The van der Waals surface area contributed by atoms with Gasteiger partial charge in [-0.1, -0.05) is 25.5 Å². The first-order valence-electron chi connectivity index (χ1n) is 9.12. The smallest absolute Gasteiger partial charge is 0.0923 e. The Balaban J connectivity index is 1.30. The van der Waals surface area contributed by atoms with E-state index in [4.69, 9.17) is 4.74 Å². The summed E-state index contributed by atoms with van der Waals surface area (Å²) in [6.07, 6.45) is 11.1. The van der Waals surface area contributed by atoms with Gasteiger partial charge < -0.3 is 4.74 Å². The average molecular weight is 288 g/mol. The van der Waals surface area contributed by atoms with Crippen LogP contribution in [0.3, 0.4) is 0 Å². The minimum Gasteiger partial charge on any atom is -0.366 e. The normalized spacial score (nSPS) is 55.7. The van der Waals surface area contributed by atoms with Gasteiger partial charge >= 0.3 is 0 Å². The van der Waals surface area contributed by atoms with E-state index in [9.17, 15) is 0 Å². The maximum Gasteiger partial charge on any atom is 0.0923 e. The Morgan fingerprint density at radius 2 is 1.76 bits per heavy atom. The molecule has 0 aromatic carbocycles. The number of epoxide rings is 1. The first-order chi connectivity index (χ1) is 9.81. The molecule has 4 aliphatic carbocycles. The molecular weight excluding hydrogens is 256 g/mol. The topological polar surface area (TPSA) is 12.5 Å². The molecule has 0 spiro atoms. The van der Waals surface area contributed by atoms with Crippen molar-refractivity contribution in [3.05, 3.63) is 11.6 Å². The van der Waals surface area contributed by atoms with E-state index in [0.717, 1.165) is 17.8 Å². The monoisotopic (exact) mass is 288 g/mol. The van der Waals surface area contributed by atoms with Crippen molar-refractivity contribution < 1.29 is 4.74 Å². The molecule has 1 nitrogen and oxygen atoms in total. The molecule has 5 fully saturated rings. The lowest BCUT2D eigenvalue weighted by Crippen LogP contribution is -2.28. The Morgan fingerprint density at radius 1 is 1.10 bits per heavy atom. The quantitative estimate of drug-likeness (QED) is 0.474. The third-order valence-corrected chi connectivity index (χ3v) is 8.28. The van der Waals surface area contributed by atoms with Gasteiger partial charge in [-0.2, -0.15) is 0 Å². The summed E-state index contributed by atoms with van der Waals surface area (Å²) < 4.78 is 6.09. The molecule has 4 saturated carbocycles. The van der Waals surface area contributed by atoms with E-state index in [1.165, 1.54) is 31.3 Å². The molecule has 5 rings (SSSR count). The van der Waals surface area contributed by atoms with Gasteiger partial charge in [0.1, 0.15) is 0 Å². The highest BCUT2D eigenvalue weighted by molar-refractivity contribution is 5.29. The van der Waals surface area contributed by atoms with Crippen LogP contribution in [0.15, 0.2) is 11.6 Å². The SMILES string of the molecule is CC(C)=CCCC1(C)OC1CCC1(C)C2CC3C(C2)C31C. The van der Waals surface area contributed by atoms with Gasteiger partial charge in [-0.3, -0.25) is 0 Å². The van der Waals surface area contributed by atoms with Crippen LogP contribution in [-0.4, -0.2) is 11.7 Å². The molecule has 1 saturated heterocycles. The molecular formula is C20H32O. The summed E-state index contributed by atoms with van der Waals surface area (Å²) >= 11 is 0. The second-order valence-corrected chi connectivity index (χ2v) is 9.36. The van der Waals surface area contributed by atoms with E-state index in [1.807, 2.05) is 0 Å². The fraction of sp³-hybridized carbons (Fsp3) is 0.900. The van der Waals surface area contributed by atoms with Gasteiger partial charge in [-0.05, 0) is 87.9 Å². The molecule has 0 amide bonds. The van der Waals surface area contributed by atoms with E-state index in [1.54, 1.807) is 12.8 Å². The number of hydrogen-bond donors (Lipinski definition) is 0. The Hall–Kier alpha value is -0.300. The van der Waals surface area contributed by atoms with Crippen molar-refractivity contribution in [3.8, 4) is 0 Å². The van der Waals surface area contributed by atoms with E-state index < -0.39 is 0 Å². The minimum atomic E-state index is 0.188. The molecule has 5 aliphatic rings. The fourth-order valence-electron chi connectivity index (χ4n) is 6.46. The number of ether oxygens (including phenoxy) is 1. The van der Waals surface area contributed by atoms with Crippen molar-refractivity contribution in [1.82, 2.24) is 0 Å². The first kappa shape index (κ1) is 14.3. The van der Waals surface area contributed by atoms with Gasteiger partial charge in [0.2, 0.25) is 0 Å². The van der Waals surface area contributed by atoms with Gasteiger partial charge in [0.25, 0.3) is 0 Å². The van der Waals surface area contributed by atoms with E-state index in [-0.39, 0.29) is 5.60 Å². The predicted molar refractivity (Wildman–Crippen MR) is 87.1 cm³/mol. The van der Waals surface area contributed by atoms with Crippen molar-refractivity contribution >= 4 is 0 Å². The molecule has 1 heterocycles. The molecule has 4 bridgehead atoms. The second kappa shape index (κ2) is 4.16. The van der Waals surface area contributed by atoms with Crippen molar-refractivity contribution in [3.63, 3.8) is 0 Å². The largest absolute Gasteiger partial charge is 0.366 e. The Bertz CT molecular complexity index is 476. The van der Waals surface area contributed by atoms with Crippen molar-refractivity contribution in [2.45, 2.75) is 84.8 Å². The zero-order chi connectivity index (χ0) is 15.0. The van der Waals surface area contributed by atoms with Crippen LogP contribution in [0.1, 0.15) is 73.1 Å². The van der Waals surface area contributed by atoms with Crippen molar-refractivity contribution in [1.29, 1.82) is 0 Å². The van der Waals surface area contributed by atoms with Gasteiger partial charge in [-0.15, -0.1) is 0 Å². The zero-order valence-electron chi connectivity index (χ0n) is 14.5. The third-order valence-electron chi connectivity index (χ3n) is 8.28. The van der Waals surface area contributed by atoms with Gasteiger partial charge in [0, 0.05) is 0 Å². The van der Waals surface area contributed by atoms with Crippen LogP contribution in [0.5, 0.6) is 0 Å². The van der Waals surface area contributed by atoms with Gasteiger partial charge in [0.15, 0.2) is 0 Å². The number of rotatable bonds is 6. The fourth-order valence-corrected chi connectivity index (χ4v) is 6.46. The van der Waals surface area contributed by atoms with Crippen LogP contribution in [0.4, 0.5) is 0 Å². The van der Waals surface area contributed by atoms with E-state index >= 15 is 0 Å². The Morgan fingerprint density at radius 3 is 2.29 bits per heavy atom. The third kappa shape index (κ3) is 1.79. The Labute approximate surface area is 130 Å². The summed E-state index contributed by atoms with van der Waals surface area (Å²) in [5, 5.41) is 0.